The molecular formula is C23H23BrCl2N2O3. The molecule has 0 bridgehead atoms. The molecule has 0 saturated carbocycles. The molecule has 0 amide bonds. The molecule has 0 atom stereocenters. The van der Waals surface area contributed by atoms with Gasteiger partial charge in [0.1, 0.15) is 6.61 Å². The van der Waals surface area contributed by atoms with Gasteiger partial charge >= 0.3 is 0 Å². The number of aromatic nitrogens is 1. The fraction of sp³-hybridized carbons (Fsp3) is 0.261. The third kappa shape index (κ3) is 7.28. The second-order valence-electron chi connectivity index (χ2n) is 6.67. The van der Waals surface area contributed by atoms with Gasteiger partial charge in [-0.3, -0.25) is 0 Å². The lowest BCUT2D eigenvalue weighted by Gasteiger charge is -2.15. The normalized spacial score (nSPS) is 10.7. The summed E-state index contributed by atoms with van der Waals surface area (Å²) >= 11 is 15.8. The molecule has 0 aliphatic carbocycles. The molecule has 0 aliphatic rings. The van der Waals surface area contributed by atoms with E-state index in [0.29, 0.717) is 47.2 Å². The number of nitrogens with one attached hydrogen (secondary N) is 1. The maximum absolute atomic E-state index is 6.23. The summed E-state index contributed by atoms with van der Waals surface area (Å²) < 4.78 is 18.0. The molecule has 2 aromatic carbocycles. The number of pyridine rings is 1. The quantitative estimate of drug-likeness (QED) is 0.298. The van der Waals surface area contributed by atoms with Crippen molar-refractivity contribution >= 4 is 39.1 Å². The van der Waals surface area contributed by atoms with E-state index in [1.165, 1.54) is 0 Å². The highest BCUT2D eigenvalue weighted by Crippen LogP contribution is 2.34. The molecule has 31 heavy (non-hydrogen) atoms. The molecule has 1 heterocycles. The summed E-state index contributed by atoms with van der Waals surface area (Å²) in [5.41, 5.74) is 1.92. The predicted octanol–water partition coefficient (Wildman–Crippen LogP) is 6.30. The van der Waals surface area contributed by atoms with Gasteiger partial charge in [-0.1, -0.05) is 51.3 Å². The van der Waals surface area contributed by atoms with Crippen LogP contribution in [0.5, 0.6) is 17.4 Å². The van der Waals surface area contributed by atoms with E-state index in [1.807, 2.05) is 36.4 Å². The van der Waals surface area contributed by atoms with Crippen LogP contribution < -0.4 is 19.5 Å². The van der Waals surface area contributed by atoms with Crippen LogP contribution in [0.2, 0.25) is 10.0 Å². The Bertz CT molecular complexity index is 990. The molecule has 0 aliphatic heterocycles. The minimum atomic E-state index is 0.312. The van der Waals surface area contributed by atoms with E-state index in [2.05, 4.69) is 26.2 Å². The third-order valence-corrected chi connectivity index (χ3v) is 5.76. The van der Waals surface area contributed by atoms with Crippen molar-refractivity contribution in [1.29, 1.82) is 0 Å². The zero-order valence-corrected chi connectivity index (χ0v) is 20.1. The number of rotatable bonds is 11. The van der Waals surface area contributed by atoms with Crippen molar-refractivity contribution in [3.8, 4) is 17.4 Å². The Morgan fingerprint density at radius 3 is 2.61 bits per heavy atom. The summed E-state index contributed by atoms with van der Waals surface area (Å²) in [5, 5.41) is 4.57. The Balaban J connectivity index is 1.50. The summed E-state index contributed by atoms with van der Waals surface area (Å²) in [7, 11) is 1.62. The van der Waals surface area contributed by atoms with Crippen LogP contribution in [0.4, 0.5) is 0 Å². The van der Waals surface area contributed by atoms with Crippen molar-refractivity contribution in [2.24, 2.45) is 0 Å². The smallest absolute Gasteiger partial charge is 0.213 e. The van der Waals surface area contributed by atoms with E-state index in [4.69, 9.17) is 37.4 Å². The predicted molar refractivity (Wildman–Crippen MR) is 128 cm³/mol. The van der Waals surface area contributed by atoms with Gasteiger partial charge in [0.05, 0.1) is 13.7 Å². The summed E-state index contributed by atoms with van der Waals surface area (Å²) in [5.74, 6) is 1.93. The van der Waals surface area contributed by atoms with Crippen LogP contribution in [-0.4, -0.2) is 25.2 Å². The highest BCUT2D eigenvalue weighted by atomic mass is 79.9. The molecule has 3 aromatic rings. The van der Waals surface area contributed by atoms with Crippen molar-refractivity contribution in [3.05, 3.63) is 80.4 Å². The number of benzene rings is 2. The Morgan fingerprint density at radius 2 is 1.87 bits per heavy atom. The summed E-state index contributed by atoms with van der Waals surface area (Å²) in [6.45, 7) is 2.42. The number of hydrogen-bond acceptors (Lipinski definition) is 5. The van der Waals surface area contributed by atoms with E-state index in [0.717, 1.165) is 28.6 Å². The van der Waals surface area contributed by atoms with E-state index in [1.54, 1.807) is 25.4 Å². The van der Waals surface area contributed by atoms with Crippen LogP contribution in [0.25, 0.3) is 0 Å². The molecule has 0 saturated heterocycles. The van der Waals surface area contributed by atoms with Gasteiger partial charge in [-0.25, -0.2) is 4.98 Å². The molecule has 3 rings (SSSR count). The molecule has 5 nitrogen and oxygen atoms in total. The van der Waals surface area contributed by atoms with Crippen LogP contribution in [0, 0.1) is 0 Å². The van der Waals surface area contributed by atoms with E-state index >= 15 is 0 Å². The van der Waals surface area contributed by atoms with Crippen molar-refractivity contribution in [2.75, 3.05) is 20.3 Å². The highest BCUT2D eigenvalue weighted by Gasteiger charge is 2.12. The molecule has 1 N–H and O–H groups in total. The van der Waals surface area contributed by atoms with Crippen molar-refractivity contribution in [1.82, 2.24) is 10.3 Å². The Labute approximate surface area is 200 Å². The Hall–Kier alpha value is -1.99. The van der Waals surface area contributed by atoms with Gasteiger partial charge in [0.15, 0.2) is 11.5 Å². The second kappa shape index (κ2) is 12.2. The summed E-state index contributed by atoms with van der Waals surface area (Å²) in [6.07, 6.45) is 2.59. The van der Waals surface area contributed by atoms with E-state index in [-0.39, 0.29) is 0 Å². The van der Waals surface area contributed by atoms with Gasteiger partial charge in [0.25, 0.3) is 0 Å². The van der Waals surface area contributed by atoms with Gasteiger partial charge in [-0.15, -0.1) is 0 Å². The minimum Gasteiger partial charge on any atom is -0.493 e. The average molecular weight is 526 g/mol. The monoisotopic (exact) mass is 524 g/mol. The van der Waals surface area contributed by atoms with Crippen molar-refractivity contribution in [3.63, 3.8) is 0 Å². The fourth-order valence-corrected chi connectivity index (χ4v) is 3.73. The maximum Gasteiger partial charge on any atom is 0.213 e. The average Bonchev–Trinajstić information content (AvgIpc) is 2.77. The zero-order chi connectivity index (χ0) is 22.1. The van der Waals surface area contributed by atoms with Gasteiger partial charge in [-0.2, -0.15) is 0 Å². The topological polar surface area (TPSA) is 52.6 Å². The first-order valence-corrected chi connectivity index (χ1v) is 11.3. The zero-order valence-electron chi connectivity index (χ0n) is 17.0. The van der Waals surface area contributed by atoms with Crippen LogP contribution in [0.3, 0.4) is 0 Å². The third-order valence-electron chi connectivity index (χ3n) is 4.43. The van der Waals surface area contributed by atoms with E-state index < -0.39 is 0 Å². The first kappa shape index (κ1) is 23.7. The van der Waals surface area contributed by atoms with Gasteiger partial charge < -0.3 is 19.5 Å². The second-order valence-corrected chi connectivity index (χ2v) is 8.36. The molecule has 164 valence electrons. The molecule has 8 heteroatoms. The highest BCUT2D eigenvalue weighted by molar-refractivity contribution is 9.10. The Kier molecular flexibility index (Phi) is 9.28. The van der Waals surface area contributed by atoms with Crippen LogP contribution in [0.1, 0.15) is 17.5 Å². The number of hydrogen-bond donors (Lipinski definition) is 1. The van der Waals surface area contributed by atoms with Gasteiger partial charge in [0.2, 0.25) is 5.88 Å². The van der Waals surface area contributed by atoms with Crippen LogP contribution in [0.15, 0.2) is 59.2 Å². The first-order chi connectivity index (χ1) is 15.1. The number of halogens is 3. The lowest BCUT2D eigenvalue weighted by atomic mass is 10.2. The Morgan fingerprint density at radius 1 is 1.00 bits per heavy atom. The summed E-state index contributed by atoms with van der Waals surface area (Å²) in [4.78, 5) is 4.14. The largest absolute Gasteiger partial charge is 0.493 e. The number of ether oxygens (including phenoxy) is 3. The molecular weight excluding hydrogens is 503 g/mol. The lowest BCUT2D eigenvalue weighted by molar-refractivity contribution is 0.284. The van der Waals surface area contributed by atoms with Gasteiger partial charge in [-0.05, 0) is 48.9 Å². The minimum absolute atomic E-state index is 0.312. The lowest BCUT2D eigenvalue weighted by Crippen LogP contribution is -2.17. The maximum atomic E-state index is 6.23. The standard InChI is InChI=1S/C23H23BrCl2N2O3/c1-29-21-11-17(14-27-8-4-10-30-23-5-2-3-9-28-23)19(24)13-22(21)31-15-16-6-7-18(25)12-20(16)26/h2-3,5-7,9,11-13,27H,4,8,10,14-15H2,1H3. The molecule has 0 spiro atoms. The first-order valence-electron chi connectivity index (χ1n) is 9.74. The van der Waals surface area contributed by atoms with Gasteiger partial charge in [0, 0.05) is 38.9 Å². The van der Waals surface area contributed by atoms with Crippen LogP contribution >= 0.6 is 39.1 Å². The summed E-state index contributed by atoms with van der Waals surface area (Å²) in [6, 6.07) is 14.8. The van der Waals surface area contributed by atoms with Crippen LogP contribution in [-0.2, 0) is 13.2 Å². The van der Waals surface area contributed by atoms with Crippen molar-refractivity contribution in [2.45, 2.75) is 19.6 Å². The molecule has 0 fully saturated rings. The van der Waals surface area contributed by atoms with Crippen molar-refractivity contribution < 1.29 is 14.2 Å². The SMILES string of the molecule is COc1cc(CNCCCOc2ccccn2)c(Br)cc1OCc1ccc(Cl)cc1Cl. The number of methoxy groups -OCH3 is 1. The number of nitrogens with zero attached hydrogens (tertiary/aromatic N) is 1. The molecule has 0 radical (unpaired) electrons. The van der Waals surface area contributed by atoms with E-state index in [9.17, 15) is 0 Å². The molecule has 1 aromatic heterocycles. The molecule has 0 unspecified atom stereocenters. The fourth-order valence-electron chi connectivity index (χ4n) is 2.81.